The Labute approximate surface area is 160 Å². The smallest absolute Gasteiger partial charge is 0.171 e. The van der Waals surface area contributed by atoms with Crippen molar-refractivity contribution in [3.63, 3.8) is 0 Å². The number of nitrogens with one attached hydrogen (secondary N) is 2. The van der Waals surface area contributed by atoms with Gasteiger partial charge >= 0.3 is 0 Å². The third kappa shape index (κ3) is 4.86. The number of benzene rings is 2. The summed E-state index contributed by atoms with van der Waals surface area (Å²) in [6.45, 7) is 5.58. The van der Waals surface area contributed by atoms with Crippen LogP contribution in [0, 0.1) is 0 Å². The lowest BCUT2D eigenvalue weighted by Crippen LogP contribution is -2.36. The molecule has 1 fully saturated rings. The zero-order valence-corrected chi connectivity index (χ0v) is 16.0. The Balaban J connectivity index is 1.56. The fraction of sp³-hybridized carbons (Fsp3) is 0.350. The minimum absolute atomic E-state index is 0.111. The van der Waals surface area contributed by atoms with Gasteiger partial charge < -0.3 is 25.0 Å². The maximum Gasteiger partial charge on any atom is 0.171 e. The molecule has 0 radical (unpaired) electrons. The topological polar surface area (TPSA) is 45.8 Å². The average Bonchev–Trinajstić information content (AvgIpc) is 2.69. The third-order valence-electron chi connectivity index (χ3n) is 4.44. The third-order valence-corrected chi connectivity index (χ3v) is 4.66. The summed E-state index contributed by atoms with van der Waals surface area (Å²) in [6.07, 6.45) is 0. The lowest BCUT2D eigenvalue weighted by Gasteiger charge is -2.29. The predicted molar refractivity (Wildman–Crippen MR) is 110 cm³/mol. The van der Waals surface area contributed by atoms with Crippen LogP contribution in [0.3, 0.4) is 0 Å². The van der Waals surface area contributed by atoms with E-state index >= 15 is 0 Å². The molecule has 1 aliphatic heterocycles. The minimum atomic E-state index is 0.111. The van der Waals surface area contributed by atoms with Gasteiger partial charge in [0, 0.05) is 30.5 Å². The van der Waals surface area contributed by atoms with Gasteiger partial charge in [-0.2, -0.15) is 0 Å². The Morgan fingerprint density at radius 3 is 2.58 bits per heavy atom. The van der Waals surface area contributed by atoms with Gasteiger partial charge in [-0.25, -0.2) is 0 Å². The van der Waals surface area contributed by atoms with Gasteiger partial charge in [-0.15, -0.1) is 0 Å². The van der Waals surface area contributed by atoms with Crippen molar-refractivity contribution in [2.45, 2.75) is 13.0 Å². The SMILES string of the molecule is COc1cccc(NC(=S)NC(C)c2ccc(N3CCOCC3)cc2)c1. The van der Waals surface area contributed by atoms with Gasteiger partial charge in [-0.05, 0) is 49.0 Å². The van der Waals surface area contributed by atoms with Crippen molar-refractivity contribution in [3.05, 3.63) is 54.1 Å². The minimum Gasteiger partial charge on any atom is -0.497 e. The molecule has 0 amide bonds. The van der Waals surface area contributed by atoms with E-state index in [2.05, 4.69) is 46.7 Å². The van der Waals surface area contributed by atoms with Crippen molar-refractivity contribution in [3.8, 4) is 5.75 Å². The van der Waals surface area contributed by atoms with Crippen molar-refractivity contribution < 1.29 is 9.47 Å². The molecule has 0 aromatic heterocycles. The van der Waals surface area contributed by atoms with E-state index in [1.165, 1.54) is 11.3 Å². The van der Waals surface area contributed by atoms with Crippen LogP contribution in [0.15, 0.2) is 48.5 Å². The highest BCUT2D eigenvalue weighted by Crippen LogP contribution is 2.21. The van der Waals surface area contributed by atoms with Crippen molar-refractivity contribution in [1.82, 2.24) is 5.32 Å². The maximum atomic E-state index is 5.43. The van der Waals surface area contributed by atoms with Gasteiger partial charge in [-0.3, -0.25) is 0 Å². The van der Waals surface area contributed by atoms with Crippen LogP contribution < -0.4 is 20.3 Å². The molecule has 1 aliphatic rings. The molecule has 26 heavy (non-hydrogen) atoms. The molecule has 5 nitrogen and oxygen atoms in total. The number of rotatable bonds is 5. The fourth-order valence-corrected chi connectivity index (χ4v) is 3.24. The van der Waals surface area contributed by atoms with E-state index in [-0.39, 0.29) is 6.04 Å². The van der Waals surface area contributed by atoms with E-state index < -0.39 is 0 Å². The monoisotopic (exact) mass is 371 g/mol. The maximum absolute atomic E-state index is 5.43. The van der Waals surface area contributed by atoms with Crippen LogP contribution in [-0.2, 0) is 4.74 Å². The highest BCUT2D eigenvalue weighted by molar-refractivity contribution is 7.80. The van der Waals surface area contributed by atoms with Crippen LogP contribution in [-0.4, -0.2) is 38.5 Å². The summed E-state index contributed by atoms with van der Waals surface area (Å²) >= 11 is 5.43. The Morgan fingerprint density at radius 2 is 1.88 bits per heavy atom. The molecule has 1 heterocycles. The standard InChI is InChI=1S/C20H25N3O2S/c1-15(21-20(26)22-17-4-3-5-19(14-17)24-2)16-6-8-18(9-7-16)23-10-12-25-13-11-23/h3-9,14-15H,10-13H2,1-2H3,(H2,21,22,26). The van der Waals surface area contributed by atoms with E-state index in [1.807, 2.05) is 24.3 Å². The highest BCUT2D eigenvalue weighted by atomic mass is 32.1. The quantitative estimate of drug-likeness (QED) is 0.784. The molecule has 0 bridgehead atoms. The summed E-state index contributed by atoms with van der Waals surface area (Å²) < 4.78 is 10.6. The van der Waals surface area contributed by atoms with Gasteiger partial charge in [0.2, 0.25) is 0 Å². The largest absolute Gasteiger partial charge is 0.497 e. The van der Waals surface area contributed by atoms with E-state index in [0.717, 1.165) is 37.7 Å². The van der Waals surface area contributed by atoms with Crippen molar-refractivity contribution >= 4 is 28.7 Å². The number of thiocarbonyl (C=S) groups is 1. The molecule has 1 atom stereocenters. The number of nitrogens with zero attached hydrogens (tertiary/aromatic N) is 1. The van der Waals surface area contributed by atoms with E-state index in [4.69, 9.17) is 21.7 Å². The lowest BCUT2D eigenvalue weighted by molar-refractivity contribution is 0.122. The van der Waals surface area contributed by atoms with Crippen LogP contribution in [0.2, 0.25) is 0 Å². The summed E-state index contributed by atoms with van der Waals surface area (Å²) in [6, 6.07) is 16.4. The first-order valence-corrected chi connectivity index (χ1v) is 9.21. The summed E-state index contributed by atoms with van der Waals surface area (Å²) in [5.41, 5.74) is 3.33. The highest BCUT2D eigenvalue weighted by Gasteiger charge is 2.12. The molecule has 1 saturated heterocycles. The summed E-state index contributed by atoms with van der Waals surface area (Å²) in [5.74, 6) is 0.796. The Kier molecular flexibility index (Phi) is 6.30. The predicted octanol–water partition coefficient (Wildman–Crippen LogP) is 3.58. The number of methoxy groups -OCH3 is 1. The van der Waals surface area contributed by atoms with Crippen molar-refractivity contribution in [2.24, 2.45) is 0 Å². The molecular formula is C20H25N3O2S. The molecule has 2 N–H and O–H groups in total. The average molecular weight is 372 g/mol. The van der Waals surface area contributed by atoms with Gasteiger partial charge in [0.1, 0.15) is 5.75 Å². The second kappa shape index (κ2) is 8.87. The van der Waals surface area contributed by atoms with Gasteiger partial charge in [-0.1, -0.05) is 18.2 Å². The number of ether oxygens (including phenoxy) is 2. The summed E-state index contributed by atoms with van der Waals surface area (Å²) in [7, 11) is 1.65. The van der Waals surface area contributed by atoms with Crippen molar-refractivity contribution in [2.75, 3.05) is 43.6 Å². The first-order chi connectivity index (χ1) is 12.7. The number of hydrogen-bond donors (Lipinski definition) is 2. The van der Waals surface area contributed by atoms with E-state index in [1.54, 1.807) is 7.11 Å². The van der Waals surface area contributed by atoms with E-state index in [0.29, 0.717) is 5.11 Å². The number of hydrogen-bond acceptors (Lipinski definition) is 4. The van der Waals surface area contributed by atoms with Gasteiger partial charge in [0.15, 0.2) is 5.11 Å². The number of anilines is 2. The zero-order valence-electron chi connectivity index (χ0n) is 15.2. The Morgan fingerprint density at radius 1 is 1.15 bits per heavy atom. The fourth-order valence-electron chi connectivity index (χ4n) is 2.94. The first kappa shape index (κ1) is 18.5. The molecule has 138 valence electrons. The molecule has 2 aromatic rings. The second-order valence-corrected chi connectivity index (χ2v) is 6.65. The first-order valence-electron chi connectivity index (χ1n) is 8.80. The van der Waals surface area contributed by atoms with Crippen LogP contribution >= 0.6 is 12.2 Å². The second-order valence-electron chi connectivity index (χ2n) is 6.24. The molecule has 0 saturated carbocycles. The normalized spacial score (nSPS) is 15.2. The molecule has 0 aliphatic carbocycles. The molecule has 3 rings (SSSR count). The van der Waals surface area contributed by atoms with E-state index in [9.17, 15) is 0 Å². The van der Waals surface area contributed by atoms with Gasteiger partial charge in [0.05, 0.1) is 26.4 Å². The number of morpholine rings is 1. The van der Waals surface area contributed by atoms with Crippen LogP contribution in [0.4, 0.5) is 11.4 Å². The van der Waals surface area contributed by atoms with Gasteiger partial charge in [0.25, 0.3) is 0 Å². The van der Waals surface area contributed by atoms with Crippen molar-refractivity contribution in [1.29, 1.82) is 0 Å². The van der Waals surface area contributed by atoms with Crippen LogP contribution in [0.5, 0.6) is 5.75 Å². The van der Waals surface area contributed by atoms with Crippen LogP contribution in [0.1, 0.15) is 18.5 Å². The zero-order chi connectivity index (χ0) is 18.4. The lowest BCUT2D eigenvalue weighted by atomic mass is 10.1. The molecule has 1 unspecified atom stereocenters. The molecule has 0 spiro atoms. The summed E-state index contributed by atoms with van der Waals surface area (Å²) in [4.78, 5) is 2.35. The molecule has 6 heteroatoms. The Bertz CT molecular complexity index is 730. The summed E-state index contributed by atoms with van der Waals surface area (Å²) in [5, 5.41) is 7.11. The van der Waals surface area contributed by atoms with Crippen LogP contribution in [0.25, 0.3) is 0 Å². The molecular weight excluding hydrogens is 346 g/mol. The Hall–Kier alpha value is -2.31. The molecule has 2 aromatic carbocycles.